The van der Waals surface area contributed by atoms with E-state index in [4.69, 9.17) is 0 Å². The Bertz CT molecular complexity index is 659. The number of anilines is 1. The third-order valence-electron chi connectivity index (χ3n) is 2.99. The van der Waals surface area contributed by atoms with Crippen LogP contribution in [0.4, 0.5) is 5.13 Å². The molecule has 0 aliphatic heterocycles. The van der Waals surface area contributed by atoms with E-state index in [1.807, 2.05) is 6.92 Å². The molecule has 0 atom stereocenters. The molecule has 0 aliphatic rings. The summed E-state index contributed by atoms with van der Waals surface area (Å²) in [6.45, 7) is 3.97. The van der Waals surface area contributed by atoms with Gasteiger partial charge in [0.1, 0.15) is 11.6 Å². The molecule has 21 heavy (non-hydrogen) atoms. The molecule has 0 unspecified atom stereocenters. The van der Waals surface area contributed by atoms with Crippen LogP contribution in [-0.4, -0.2) is 20.7 Å². The maximum atomic E-state index is 11.9. The first-order valence-corrected chi connectivity index (χ1v) is 8.57. The van der Waals surface area contributed by atoms with Crippen LogP contribution in [0.5, 0.6) is 0 Å². The van der Waals surface area contributed by atoms with Crippen LogP contribution in [0.15, 0.2) is 10.2 Å². The highest BCUT2D eigenvalue weighted by Crippen LogP contribution is 2.17. The number of rotatable bonds is 7. The Morgan fingerprint density at radius 3 is 2.86 bits per heavy atom. The Labute approximate surface area is 130 Å². The van der Waals surface area contributed by atoms with Crippen LogP contribution in [0.2, 0.25) is 0 Å². The number of nitrogens with zero attached hydrogens (tertiary/aromatic N) is 3. The summed E-state index contributed by atoms with van der Waals surface area (Å²) < 4.78 is 1.45. The maximum Gasteiger partial charge on any atom is 0.307 e. The van der Waals surface area contributed by atoms with Gasteiger partial charge in [0, 0.05) is 17.5 Å². The molecule has 0 fully saturated rings. The van der Waals surface area contributed by atoms with Gasteiger partial charge in [0.05, 0.1) is 0 Å². The molecule has 2 rings (SSSR count). The van der Waals surface area contributed by atoms with Crippen LogP contribution >= 0.6 is 22.7 Å². The summed E-state index contributed by atoms with van der Waals surface area (Å²) in [5, 5.41) is 13.9. The number of aryl methyl sites for hydroxylation is 2. The minimum absolute atomic E-state index is 0.0128. The highest BCUT2D eigenvalue weighted by Gasteiger charge is 2.11. The third-order valence-corrected chi connectivity index (χ3v) is 4.76. The molecule has 6 nitrogen and oxygen atoms in total. The van der Waals surface area contributed by atoms with Gasteiger partial charge in [-0.25, -0.2) is 0 Å². The Balaban J connectivity index is 1.90. The SMILES string of the molecule is CCCCCc1nnc(NC(=O)Cn2c(C)csc2=O)s1. The Kier molecular flexibility index (Phi) is 5.63. The van der Waals surface area contributed by atoms with Gasteiger partial charge in [-0.15, -0.1) is 10.2 Å². The Morgan fingerprint density at radius 2 is 2.19 bits per heavy atom. The standard InChI is InChI=1S/C13H18N4O2S2/c1-3-4-5-6-11-15-16-12(21-11)14-10(18)7-17-9(2)8-20-13(17)19/h8H,3-7H2,1-2H3,(H,14,16,18). The molecule has 0 spiro atoms. The first kappa shape index (κ1) is 15.8. The zero-order chi connectivity index (χ0) is 15.2. The van der Waals surface area contributed by atoms with Gasteiger partial charge in [0.2, 0.25) is 11.0 Å². The summed E-state index contributed by atoms with van der Waals surface area (Å²) in [5.74, 6) is -0.255. The van der Waals surface area contributed by atoms with Gasteiger partial charge in [-0.2, -0.15) is 0 Å². The van der Waals surface area contributed by atoms with Crippen LogP contribution in [0.1, 0.15) is 36.9 Å². The second-order valence-corrected chi connectivity index (χ2v) is 6.62. The molecule has 0 radical (unpaired) electrons. The number of carbonyl (C=O) groups is 1. The van der Waals surface area contributed by atoms with Crippen LogP contribution in [0.25, 0.3) is 0 Å². The van der Waals surface area contributed by atoms with Gasteiger partial charge >= 0.3 is 4.87 Å². The van der Waals surface area contributed by atoms with E-state index >= 15 is 0 Å². The fourth-order valence-electron chi connectivity index (χ4n) is 1.83. The number of nitrogens with one attached hydrogen (secondary N) is 1. The van der Waals surface area contributed by atoms with E-state index in [0.717, 1.165) is 41.3 Å². The van der Waals surface area contributed by atoms with Crippen molar-refractivity contribution < 1.29 is 4.79 Å². The number of hydrogen-bond acceptors (Lipinski definition) is 6. The number of hydrogen-bond donors (Lipinski definition) is 1. The maximum absolute atomic E-state index is 11.9. The highest BCUT2D eigenvalue weighted by molar-refractivity contribution is 7.15. The van der Waals surface area contributed by atoms with Crippen molar-refractivity contribution in [3.05, 3.63) is 25.7 Å². The van der Waals surface area contributed by atoms with Crippen molar-refractivity contribution in [1.29, 1.82) is 0 Å². The van der Waals surface area contributed by atoms with Gasteiger partial charge in [0.25, 0.3) is 0 Å². The van der Waals surface area contributed by atoms with Crippen molar-refractivity contribution in [3.63, 3.8) is 0 Å². The van der Waals surface area contributed by atoms with Crippen molar-refractivity contribution in [2.45, 2.75) is 46.1 Å². The first-order chi connectivity index (χ1) is 10.1. The molecule has 1 amide bonds. The molecule has 0 saturated heterocycles. The number of thiazole rings is 1. The molecule has 2 heterocycles. The molecule has 0 aromatic carbocycles. The quantitative estimate of drug-likeness (QED) is 0.793. The smallest absolute Gasteiger partial charge is 0.299 e. The Morgan fingerprint density at radius 1 is 1.38 bits per heavy atom. The lowest BCUT2D eigenvalue weighted by Gasteiger charge is -2.03. The third kappa shape index (κ3) is 4.47. The van der Waals surface area contributed by atoms with Gasteiger partial charge < -0.3 is 0 Å². The highest BCUT2D eigenvalue weighted by atomic mass is 32.1. The van der Waals surface area contributed by atoms with Gasteiger partial charge in [-0.3, -0.25) is 19.5 Å². The second-order valence-electron chi connectivity index (χ2n) is 4.74. The summed E-state index contributed by atoms with van der Waals surface area (Å²) in [4.78, 5) is 23.4. The number of carbonyl (C=O) groups excluding carboxylic acids is 1. The van der Waals surface area contributed by atoms with Gasteiger partial charge in [0.15, 0.2) is 0 Å². The number of amides is 1. The fraction of sp³-hybridized carbons (Fsp3) is 0.538. The molecule has 8 heteroatoms. The van der Waals surface area contributed by atoms with E-state index in [1.54, 1.807) is 5.38 Å². The first-order valence-electron chi connectivity index (χ1n) is 6.87. The molecular formula is C13H18N4O2S2. The predicted molar refractivity (Wildman–Crippen MR) is 85.1 cm³/mol. The summed E-state index contributed by atoms with van der Waals surface area (Å²) >= 11 is 2.49. The summed E-state index contributed by atoms with van der Waals surface area (Å²) in [6.07, 6.45) is 4.31. The summed E-state index contributed by atoms with van der Waals surface area (Å²) in [7, 11) is 0. The van der Waals surface area contributed by atoms with Crippen molar-refractivity contribution in [2.24, 2.45) is 0 Å². The minimum atomic E-state index is -0.255. The topological polar surface area (TPSA) is 76.9 Å². The van der Waals surface area contributed by atoms with Crippen molar-refractivity contribution in [2.75, 3.05) is 5.32 Å². The van der Waals surface area contributed by atoms with E-state index < -0.39 is 0 Å². The van der Waals surface area contributed by atoms with E-state index in [1.165, 1.54) is 22.3 Å². The molecule has 1 N–H and O–H groups in total. The van der Waals surface area contributed by atoms with Crippen molar-refractivity contribution in [1.82, 2.24) is 14.8 Å². The van der Waals surface area contributed by atoms with Crippen LogP contribution in [-0.2, 0) is 17.8 Å². The van der Waals surface area contributed by atoms with Gasteiger partial charge in [-0.1, -0.05) is 42.4 Å². The van der Waals surface area contributed by atoms with E-state index in [2.05, 4.69) is 22.4 Å². The Hall–Kier alpha value is -1.54. The molecule has 114 valence electrons. The van der Waals surface area contributed by atoms with Crippen molar-refractivity contribution >= 4 is 33.7 Å². The van der Waals surface area contributed by atoms with E-state index in [-0.39, 0.29) is 17.3 Å². The molecule has 0 bridgehead atoms. The zero-order valence-electron chi connectivity index (χ0n) is 12.1. The molecule has 2 aromatic rings. The number of aromatic nitrogens is 3. The summed E-state index contributed by atoms with van der Waals surface area (Å²) in [6, 6.07) is 0. The monoisotopic (exact) mass is 326 g/mol. The molecular weight excluding hydrogens is 308 g/mol. The normalized spacial score (nSPS) is 10.8. The summed E-state index contributed by atoms with van der Waals surface area (Å²) in [5.41, 5.74) is 0.790. The van der Waals surface area contributed by atoms with Crippen LogP contribution < -0.4 is 10.2 Å². The number of unbranched alkanes of at least 4 members (excludes halogenated alkanes) is 2. The average Bonchev–Trinajstić information content (AvgIpc) is 3.01. The predicted octanol–water partition coefficient (Wildman–Crippen LogP) is 2.44. The fourth-order valence-corrected chi connectivity index (χ4v) is 3.36. The lowest BCUT2D eigenvalue weighted by atomic mass is 10.2. The molecule has 2 aromatic heterocycles. The zero-order valence-corrected chi connectivity index (χ0v) is 13.7. The average molecular weight is 326 g/mol. The van der Waals surface area contributed by atoms with Crippen molar-refractivity contribution in [3.8, 4) is 0 Å². The second kappa shape index (κ2) is 7.46. The van der Waals surface area contributed by atoms with E-state index in [0.29, 0.717) is 5.13 Å². The lowest BCUT2D eigenvalue weighted by molar-refractivity contribution is -0.116. The minimum Gasteiger partial charge on any atom is -0.299 e. The molecule has 0 aliphatic carbocycles. The van der Waals surface area contributed by atoms with Crippen LogP contribution in [0, 0.1) is 6.92 Å². The van der Waals surface area contributed by atoms with Gasteiger partial charge in [-0.05, 0) is 13.3 Å². The lowest BCUT2D eigenvalue weighted by Crippen LogP contribution is -2.25. The van der Waals surface area contributed by atoms with Crippen LogP contribution in [0.3, 0.4) is 0 Å². The molecule has 0 saturated carbocycles. The largest absolute Gasteiger partial charge is 0.307 e. The van der Waals surface area contributed by atoms with E-state index in [9.17, 15) is 9.59 Å².